The smallest absolute Gasteiger partial charge is 0.290 e. The summed E-state index contributed by atoms with van der Waals surface area (Å²) < 4.78 is 12.7. The van der Waals surface area contributed by atoms with Crippen LogP contribution in [-0.2, 0) is 20.8 Å². The SMILES string of the molecule is COCCCCn1c(C(=O)N(CC(C)C)[C@H]2CNCC(C(=O)N3CCOCC3)C2)nc2ccccc21. The maximum Gasteiger partial charge on any atom is 0.290 e. The minimum absolute atomic E-state index is 0.0575. The molecule has 36 heavy (non-hydrogen) atoms. The molecular formula is C27H41N5O4. The number of hydrogen-bond acceptors (Lipinski definition) is 6. The molecular weight excluding hydrogens is 458 g/mol. The Hall–Kier alpha value is -2.49. The van der Waals surface area contributed by atoms with Crippen molar-refractivity contribution in [3.05, 3.63) is 30.1 Å². The van der Waals surface area contributed by atoms with Crippen LogP contribution in [0.1, 0.15) is 43.7 Å². The number of aromatic nitrogens is 2. The van der Waals surface area contributed by atoms with Gasteiger partial charge in [-0.1, -0.05) is 26.0 Å². The molecule has 1 aromatic heterocycles. The summed E-state index contributed by atoms with van der Waals surface area (Å²) in [5.74, 6) is 0.743. The summed E-state index contributed by atoms with van der Waals surface area (Å²) in [4.78, 5) is 36.0. The number of fused-ring (bicyclic) bond motifs is 1. The molecule has 2 aliphatic rings. The molecule has 1 aromatic carbocycles. The van der Waals surface area contributed by atoms with E-state index in [0.717, 1.165) is 23.9 Å². The van der Waals surface area contributed by atoms with Gasteiger partial charge in [-0.15, -0.1) is 0 Å². The molecule has 2 aliphatic heterocycles. The van der Waals surface area contributed by atoms with Crippen LogP contribution in [0.15, 0.2) is 24.3 Å². The number of carbonyl (C=O) groups is 2. The van der Waals surface area contributed by atoms with Gasteiger partial charge in [0, 0.05) is 59.0 Å². The highest BCUT2D eigenvalue weighted by atomic mass is 16.5. The fourth-order valence-electron chi connectivity index (χ4n) is 5.29. The Bertz CT molecular complexity index is 1020. The van der Waals surface area contributed by atoms with Crippen molar-refractivity contribution in [2.75, 3.05) is 59.7 Å². The van der Waals surface area contributed by atoms with Gasteiger partial charge in [-0.3, -0.25) is 9.59 Å². The molecule has 2 aromatic rings. The zero-order valence-electron chi connectivity index (χ0n) is 21.9. The molecule has 1 unspecified atom stereocenters. The third-order valence-electron chi connectivity index (χ3n) is 7.09. The van der Waals surface area contributed by atoms with E-state index in [1.807, 2.05) is 34.1 Å². The summed E-state index contributed by atoms with van der Waals surface area (Å²) in [6, 6.07) is 7.87. The molecule has 1 N–H and O–H groups in total. The summed E-state index contributed by atoms with van der Waals surface area (Å²) in [7, 11) is 1.71. The molecule has 0 aliphatic carbocycles. The minimum atomic E-state index is -0.142. The summed E-state index contributed by atoms with van der Waals surface area (Å²) >= 11 is 0. The van der Waals surface area contributed by atoms with Crippen LogP contribution < -0.4 is 5.32 Å². The number of rotatable bonds is 10. The Morgan fingerprint density at radius 2 is 1.97 bits per heavy atom. The molecule has 0 radical (unpaired) electrons. The van der Waals surface area contributed by atoms with Crippen LogP contribution in [0.2, 0.25) is 0 Å². The van der Waals surface area contributed by atoms with E-state index in [-0.39, 0.29) is 23.8 Å². The van der Waals surface area contributed by atoms with Crippen LogP contribution in [0.3, 0.4) is 0 Å². The number of nitrogens with zero attached hydrogens (tertiary/aromatic N) is 4. The number of amides is 2. The molecule has 0 saturated carbocycles. The second kappa shape index (κ2) is 12.7. The van der Waals surface area contributed by atoms with E-state index in [1.54, 1.807) is 7.11 Å². The number of nitrogens with one attached hydrogen (secondary N) is 1. The Labute approximate surface area is 214 Å². The number of hydrogen-bond donors (Lipinski definition) is 1. The topological polar surface area (TPSA) is 88.9 Å². The summed E-state index contributed by atoms with van der Waals surface area (Å²) in [5, 5.41) is 3.44. The average Bonchev–Trinajstić information content (AvgIpc) is 3.28. The molecule has 0 bridgehead atoms. The molecule has 198 valence electrons. The monoisotopic (exact) mass is 499 g/mol. The standard InChI is InChI=1S/C27H41N5O4/c1-20(2)19-32(22-16-21(17-28-18-22)26(33)30-11-14-36-15-12-30)27(34)25-29-23-8-4-5-9-24(23)31(25)10-6-7-13-35-3/h4-5,8-9,20-22,28H,6-7,10-19H2,1-3H3/t21?,22-/m1/s1. The molecule has 2 saturated heterocycles. The van der Waals surface area contributed by atoms with Gasteiger partial charge in [0.05, 0.1) is 30.2 Å². The number of ether oxygens (including phenoxy) is 2. The first-order chi connectivity index (χ1) is 17.5. The number of unbranched alkanes of at least 4 members (excludes halogenated alkanes) is 1. The Balaban J connectivity index is 1.57. The number of imidazole rings is 1. The van der Waals surface area contributed by atoms with Gasteiger partial charge in [0.15, 0.2) is 5.82 Å². The van der Waals surface area contributed by atoms with Gasteiger partial charge in [-0.25, -0.2) is 4.98 Å². The number of para-hydroxylation sites is 2. The Kier molecular flexibility index (Phi) is 9.34. The first-order valence-corrected chi connectivity index (χ1v) is 13.3. The van der Waals surface area contributed by atoms with E-state index in [9.17, 15) is 9.59 Å². The Morgan fingerprint density at radius 1 is 1.19 bits per heavy atom. The lowest BCUT2D eigenvalue weighted by atomic mass is 9.92. The van der Waals surface area contributed by atoms with Crippen LogP contribution >= 0.6 is 0 Å². The maximum atomic E-state index is 14.1. The van der Waals surface area contributed by atoms with E-state index in [2.05, 4.69) is 23.7 Å². The van der Waals surface area contributed by atoms with Crippen molar-refractivity contribution < 1.29 is 19.1 Å². The lowest BCUT2D eigenvalue weighted by Crippen LogP contribution is -2.56. The Morgan fingerprint density at radius 3 is 2.72 bits per heavy atom. The summed E-state index contributed by atoms with van der Waals surface area (Å²) in [5.41, 5.74) is 1.81. The summed E-state index contributed by atoms with van der Waals surface area (Å²) in [6.45, 7) is 10.1. The quantitative estimate of drug-likeness (QED) is 0.505. The number of carbonyl (C=O) groups excluding carboxylic acids is 2. The predicted molar refractivity (Wildman–Crippen MR) is 139 cm³/mol. The van der Waals surface area contributed by atoms with Gasteiger partial charge in [0.25, 0.3) is 5.91 Å². The number of morpholine rings is 1. The van der Waals surface area contributed by atoms with Crippen LogP contribution in [0.4, 0.5) is 0 Å². The highest BCUT2D eigenvalue weighted by molar-refractivity contribution is 5.95. The second-order valence-electron chi connectivity index (χ2n) is 10.3. The van der Waals surface area contributed by atoms with Gasteiger partial charge in [0.1, 0.15) is 0 Å². The van der Waals surface area contributed by atoms with E-state index in [4.69, 9.17) is 14.5 Å². The first-order valence-electron chi connectivity index (χ1n) is 13.3. The van der Waals surface area contributed by atoms with Crippen molar-refractivity contribution in [2.45, 2.75) is 45.7 Å². The summed E-state index contributed by atoms with van der Waals surface area (Å²) in [6.07, 6.45) is 2.49. The van der Waals surface area contributed by atoms with Crippen molar-refractivity contribution in [1.29, 1.82) is 0 Å². The molecule has 0 spiro atoms. The van der Waals surface area contributed by atoms with Crippen molar-refractivity contribution in [3.63, 3.8) is 0 Å². The van der Waals surface area contributed by atoms with E-state index < -0.39 is 0 Å². The first kappa shape index (κ1) is 26.6. The molecule has 2 amide bonds. The van der Waals surface area contributed by atoms with Crippen LogP contribution in [0.25, 0.3) is 11.0 Å². The molecule has 4 rings (SSSR count). The van der Waals surface area contributed by atoms with E-state index in [0.29, 0.717) is 77.3 Å². The number of aryl methyl sites for hydroxylation is 1. The number of benzene rings is 1. The van der Waals surface area contributed by atoms with Crippen LogP contribution in [0.5, 0.6) is 0 Å². The number of piperidine rings is 1. The third kappa shape index (κ3) is 6.25. The lowest BCUT2D eigenvalue weighted by molar-refractivity contribution is -0.140. The highest BCUT2D eigenvalue weighted by Crippen LogP contribution is 2.24. The third-order valence-corrected chi connectivity index (χ3v) is 7.09. The molecule has 9 nitrogen and oxygen atoms in total. The molecule has 2 fully saturated rings. The highest BCUT2D eigenvalue weighted by Gasteiger charge is 2.36. The van der Waals surface area contributed by atoms with Gasteiger partial charge >= 0.3 is 0 Å². The van der Waals surface area contributed by atoms with Crippen LogP contribution in [-0.4, -0.2) is 96.9 Å². The number of methoxy groups -OCH3 is 1. The van der Waals surface area contributed by atoms with Crippen LogP contribution in [0, 0.1) is 11.8 Å². The zero-order chi connectivity index (χ0) is 25.5. The maximum absolute atomic E-state index is 14.1. The van der Waals surface area contributed by atoms with Gasteiger partial charge in [-0.2, -0.15) is 0 Å². The second-order valence-corrected chi connectivity index (χ2v) is 10.3. The largest absolute Gasteiger partial charge is 0.385 e. The normalized spacial score (nSPS) is 20.7. The van der Waals surface area contributed by atoms with Crippen molar-refractivity contribution >= 4 is 22.8 Å². The van der Waals surface area contributed by atoms with Crippen molar-refractivity contribution in [2.24, 2.45) is 11.8 Å². The van der Waals surface area contributed by atoms with E-state index >= 15 is 0 Å². The minimum Gasteiger partial charge on any atom is -0.385 e. The molecule has 2 atom stereocenters. The predicted octanol–water partition coefficient (Wildman–Crippen LogP) is 2.40. The lowest BCUT2D eigenvalue weighted by Gasteiger charge is -2.40. The van der Waals surface area contributed by atoms with Crippen molar-refractivity contribution in [3.8, 4) is 0 Å². The van der Waals surface area contributed by atoms with Gasteiger partial charge in [-0.05, 0) is 37.3 Å². The fraction of sp³-hybridized carbons (Fsp3) is 0.667. The average molecular weight is 500 g/mol. The molecule has 3 heterocycles. The zero-order valence-corrected chi connectivity index (χ0v) is 21.9. The fourth-order valence-corrected chi connectivity index (χ4v) is 5.29. The van der Waals surface area contributed by atoms with Gasteiger partial charge < -0.3 is 29.2 Å². The van der Waals surface area contributed by atoms with E-state index in [1.165, 1.54) is 0 Å². The van der Waals surface area contributed by atoms with Gasteiger partial charge in [0.2, 0.25) is 5.91 Å². The molecule has 9 heteroatoms. The van der Waals surface area contributed by atoms with Crippen molar-refractivity contribution in [1.82, 2.24) is 24.7 Å².